The van der Waals surface area contributed by atoms with Gasteiger partial charge in [-0.05, 0) is 13.3 Å². The van der Waals surface area contributed by atoms with Gasteiger partial charge >= 0.3 is 6.43 Å². The smallest absolute Gasteiger partial charge is 0.502 e. The third-order valence-electron chi connectivity index (χ3n) is 0.554. The molecule has 0 aromatic heterocycles. The highest BCUT2D eigenvalue weighted by molar-refractivity contribution is 4.64. The van der Waals surface area contributed by atoms with Crippen molar-refractivity contribution in [1.82, 2.24) is 0 Å². The van der Waals surface area contributed by atoms with Crippen LogP contribution in [0.5, 0.6) is 0 Å². The summed E-state index contributed by atoms with van der Waals surface area (Å²) in [6, 6.07) is 0. The molecule has 0 aromatic carbocycles. The van der Waals surface area contributed by atoms with Crippen LogP contribution in [0.4, 0.5) is 17.6 Å². The summed E-state index contributed by atoms with van der Waals surface area (Å²) in [5.74, 6) is 0. The van der Waals surface area contributed by atoms with E-state index in [1.54, 1.807) is 6.26 Å². The van der Waals surface area contributed by atoms with Crippen LogP contribution in [0.25, 0.3) is 0 Å². The van der Waals surface area contributed by atoms with Crippen molar-refractivity contribution >= 4 is 0 Å². The van der Waals surface area contributed by atoms with E-state index in [0.29, 0.717) is 0 Å². The van der Waals surface area contributed by atoms with Crippen molar-refractivity contribution in [1.29, 1.82) is 0 Å². The number of halogens is 4. The molecule has 0 aliphatic rings. The molecule has 74 valence electrons. The Balaban J connectivity index is 0. The summed E-state index contributed by atoms with van der Waals surface area (Å²) >= 11 is 0. The van der Waals surface area contributed by atoms with Crippen LogP contribution in [0.2, 0.25) is 0 Å². The van der Waals surface area contributed by atoms with Gasteiger partial charge in [-0.25, -0.2) is 0 Å². The maximum atomic E-state index is 9.69. The molecule has 12 heavy (non-hydrogen) atoms. The largest absolute Gasteiger partial charge is 0.559 e. The maximum Gasteiger partial charge on any atom is 0.559 e. The van der Waals surface area contributed by atoms with Gasteiger partial charge in [-0.1, -0.05) is 13.0 Å². The van der Waals surface area contributed by atoms with Gasteiger partial charge in [0.1, 0.15) is 0 Å². The van der Waals surface area contributed by atoms with Crippen LogP contribution < -0.4 is 0 Å². The summed E-state index contributed by atoms with van der Waals surface area (Å²) in [7, 11) is 0. The van der Waals surface area contributed by atoms with E-state index in [1.807, 2.05) is 13.0 Å². The standard InChI is InChI=1S/C6H12O.CF4/c1-3-5-7-6-4-2;2-1(3,4)5/h3,5H,4,6H2,1-2H3;. The van der Waals surface area contributed by atoms with Crippen molar-refractivity contribution in [2.45, 2.75) is 26.7 Å². The van der Waals surface area contributed by atoms with Gasteiger partial charge in [0.05, 0.1) is 12.9 Å². The highest BCUT2D eigenvalue weighted by atomic mass is 19.5. The van der Waals surface area contributed by atoms with E-state index in [9.17, 15) is 17.6 Å². The zero-order valence-corrected chi connectivity index (χ0v) is 6.99. The monoisotopic (exact) mass is 188 g/mol. The van der Waals surface area contributed by atoms with Gasteiger partial charge in [-0.15, -0.1) is 17.6 Å². The Hall–Kier alpha value is -0.740. The third kappa shape index (κ3) is 59.4. The van der Waals surface area contributed by atoms with Gasteiger partial charge in [0.2, 0.25) is 0 Å². The minimum Gasteiger partial charge on any atom is -0.502 e. The highest BCUT2D eigenvalue weighted by Crippen LogP contribution is 2.13. The first-order valence-electron chi connectivity index (χ1n) is 3.40. The average Bonchev–Trinajstić information content (AvgIpc) is 1.85. The molecule has 0 amide bonds. The molecule has 0 fully saturated rings. The summed E-state index contributed by atoms with van der Waals surface area (Å²) in [5, 5.41) is 0. The second kappa shape index (κ2) is 8.36. The van der Waals surface area contributed by atoms with Crippen molar-refractivity contribution in [3.63, 3.8) is 0 Å². The normalized spacial score (nSPS) is 10.8. The molecule has 0 spiro atoms. The summed E-state index contributed by atoms with van der Waals surface area (Å²) in [6.07, 6.45) is -0.816. The van der Waals surface area contributed by atoms with Crippen LogP contribution in [-0.2, 0) is 4.74 Å². The topological polar surface area (TPSA) is 9.23 Å². The van der Waals surface area contributed by atoms with Crippen LogP contribution in [0.3, 0.4) is 0 Å². The van der Waals surface area contributed by atoms with E-state index >= 15 is 0 Å². The van der Waals surface area contributed by atoms with Crippen LogP contribution in [0, 0.1) is 0 Å². The zero-order valence-electron chi connectivity index (χ0n) is 6.99. The number of hydrogen-bond donors (Lipinski definition) is 0. The lowest BCUT2D eigenvalue weighted by atomic mass is 10.5. The van der Waals surface area contributed by atoms with Crippen molar-refractivity contribution in [3.05, 3.63) is 12.3 Å². The fourth-order valence-electron chi connectivity index (χ4n) is 0.282. The molecule has 0 aromatic rings. The van der Waals surface area contributed by atoms with E-state index in [4.69, 9.17) is 4.74 Å². The van der Waals surface area contributed by atoms with E-state index in [2.05, 4.69) is 6.92 Å². The fourth-order valence-corrected chi connectivity index (χ4v) is 0.282. The summed E-state index contributed by atoms with van der Waals surface area (Å²) < 4.78 is 43.7. The molecule has 0 heterocycles. The Morgan fingerprint density at radius 1 is 1.25 bits per heavy atom. The number of rotatable bonds is 3. The lowest BCUT2D eigenvalue weighted by Gasteiger charge is -1.91. The SMILES string of the molecule is CC=COCCC.FC(F)(F)F. The van der Waals surface area contributed by atoms with E-state index in [-0.39, 0.29) is 0 Å². The Morgan fingerprint density at radius 2 is 1.67 bits per heavy atom. The van der Waals surface area contributed by atoms with Crippen LogP contribution in [-0.4, -0.2) is 13.0 Å². The van der Waals surface area contributed by atoms with Crippen LogP contribution in [0.1, 0.15) is 20.3 Å². The van der Waals surface area contributed by atoms with Crippen molar-refractivity contribution < 1.29 is 22.3 Å². The van der Waals surface area contributed by atoms with Gasteiger partial charge in [0.15, 0.2) is 0 Å². The molecule has 0 N–H and O–H groups in total. The number of hydrogen-bond acceptors (Lipinski definition) is 1. The quantitative estimate of drug-likeness (QED) is 0.374. The number of allylic oxidation sites excluding steroid dienone is 1. The van der Waals surface area contributed by atoms with Crippen LogP contribution >= 0.6 is 0 Å². The zero-order chi connectivity index (χ0) is 10.0. The van der Waals surface area contributed by atoms with E-state index in [0.717, 1.165) is 13.0 Å². The van der Waals surface area contributed by atoms with Gasteiger partial charge in [0, 0.05) is 0 Å². The Kier molecular flexibility index (Phi) is 9.63. The molecular formula is C7H12F4O. The van der Waals surface area contributed by atoms with Crippen LogP contribution in [0.15, 0.2) is 12.3 Å². The Labute approximate surface area is 69.0 Å². The maximum absolute atomic E-state index is 9.69. The lowest BCUT2D eigenvalue weighted by molar-refractivity contribution is -0.237. The lowest BCUT2D eigenvalue weighted by Crippen LogP contribution is -1.92. The van der Waals surface area contributed by atoms with Gasteiger partial charge in [-0.2, -0.15) is 0 Å². The molecule has 0 aliphatic heterocycles. The Morgan fingerprint density at radius 3 is 1.92 bits per heavy atom. The van der Waals surface area contributed by atoms with Gasteiger partial charge < -0.3 is 4.74 Å². The second-order valence-corrected chi connectivity index (χ2v) is 1.77. The molecule has 0 saturated carbocycles. The summed E-state index contributed by atoms with van der Waals surface area (Å²) in [4.78, 5) is 0. The highest BCUT2D eigenvalue weighted by Gasteiger charge is 2.24. The second-order valence-electron chi connectivity index (χ2n) is 1.77. The molecule has 0 bridgehead atoms. The summed E-state index contributed by atoms with van der Waals surface area (Å²) in [5.41, 5.74) is 0. The molecule has 0 unspecified atom stereocenters. The molecule has 0 rings (SSSR count). The van der Waals surface area contributed by atoms with E-state index in [1.165, 1.54) is 0 Å². The number of alkyl halides is 4. The molecule has 0 saturated heterocycles. The van der Waals surface area contributed by atoms with E-state index < -0.39 is 6.43 Å². The number of ether oxygens (including phenoxy) is 1. The molecule has 0 atom stereocenters. The van der Waals surface area contributed by atoms with Gasteiger partial charge in [0.25, 0.3) is 0 Å². The molecule has 1 nitrogen and oxygen atoms in total. The fraction of sp³-hybridized carbons (Fsp3) is 0.714. The molecule has 0 radical (unpaired) electrons. The molecule has 0 aliphatic carbocycles. The first-order valence-corrected chi connectivity index (χ1v) is 3.40. The summed E-state index contributed by atoms with van der Waals surface area (Å²) in [6.45, 7) is 4.86. The third-order valence-corrected chi connectivity index (χ3v) is 0.554. The predicted octanol–water partition coefficient (Wildman–Crippen LogP) is 3.42. The predicted molar refractivity (Wildman–Crippen MR) is 38.2 cm³/mol. The first kappa shape index (κ1) is 13.8. The minimum absolute atomic E-state index is 0.838. The Bertz CT molecular complexity index is 102. The molecular weight excluding hydrogens is 176 g/mol. The van der Waals surface area contributed by atoms with Crippen molar-refractivity contribution in [2.24, 2.45) is 0 Å². The molecule has 5 heteroatoms. The van der Waals surface area contributed by atoms with Crippen molar-refractivity contribution in [3.8, 4) is 0 Å². The minimum atomic E-state index is -5.50. The first-order chi connectivity index (χ1) is 5.41. The average molecular weight is 188 g/mol. The van der Waals surface area contributed by atoms with Gasteiger partial charge in [-0.3, -0.25) is 0 Å². The van der Waals surface area contributed by atoms with Crippen molar-refractivity contribution in [2.75, 3.05) is 6.61 Å².